The molecule has 3 aromatic rings. The maximum absolute atomic E-state index is 5.32. The van der Waals surface area contributed by atoms with Crippen molar-refractivity contribution < 1.29 is 56.8 Å². The zero-order chi connectivity index (χ0) is 30.7. The van der Waals surface area contributed by atoms with Crippen LogP contribution >= 0.6 is 0 Å². The summed E-state index contributed by atoms with van der Waals surface area (Å²) >= 11 is 0. The smallest absolute Gasteiger partial charge is 0.189 e. The molecule has 0 radical (unpaired) electrons. The summed E-state index contributed by atoms with van der Waals surface area (Å²) in [6.45, 7) is 2.53. The Bertz CT molecular complexity index is 1310. The Morgan fingerprint density at radius 2 is 0.609 bits per heavy atom. The second kappa shape index (κ2) is 14.3. The molecule has 7 fully saturated rings. The molecule has 12 heteroatoms. The lowest BCUT2D eigenvalue weighted by molar-refractivity contribution is -0.356. The fraction of sp³-hybridized carbons (Fsp3) is 0.529. The van der Waals surface area contributed by atoms with Crippen molar-refractivity contribution in [3.05, 3.63) is 82.9 Å². The van der Waals surface area contributed by atoms with Crippen LogP contribution in [0.1, 0.15) is 73.1 Å². The predicted molar refractivity (Wildman–Crippen MR) is 157 cm³/mol. The zero-order valence-electron chi connectivity index (χ0n) is 25.4. The van der Waals surface area contributed by atoms with E-state index in [1.54, 1.807) is 0 Å². The maximum atomic E-state index is 5.32. The monoisotopic (exact) mass is 638 g/mol. The lowest BCUT2D eigenvalue weighted by atomic mass is 9.81. The summed E-state index contributed by atoms with van der Waals surface area (Å²) in [5, 5.41) is 2.32. The summed E-state index contributed by atoms with van der Waals surface area (Å²) in [6, 6.07) is 20.2. The van der Waals surface area contributed by atoms with E-state index in [9.17, 15) is 0 Å². The minimum Gasteiger partial charge on any atom is -0.326 e. The molecule has 0 bridgehead atoms. The first-order valence-electron chi connectivity index (χ1n) is 15.8. The van der Waals surface area contributed by atoms with Gasteiger partial charge >= 0.3 is 0 Å². The summed E-state index contributed by atoms with van der Waals surface area (Å²) in [6.07, 6.45) is 4.10. The van der Waals surface area contributed by atoms with E-state index in [0.29, 0.717) is 52.6 Å². The van der Waals surface area contributed by atoms with Crippen LogP contribution in [0, 0.1) is 11.8 Å². The van der Waals surface area contributed by atoms with Gasteiger partial charge in [-0.2, -0.15) is 0 Å². The SMILES string of the molecule is C1OC(C2CCC(C3OCO3)CC2)O1.c1cc(C2OCO2)ccc1C1OCO1.c1cc2cc(C3OCO3)ccc2cc1C1OCO1. The molecule has 6 saturated heterocycles. The summed E-state index contributed by atoms with van der Waals surface area (Å²) in [5.74, 6) is 1.19. The highest BCUT2D eigenvalue weighted by Crippen LogP contribution is 2.38. The van der Waals surface area contributed by atoms with Crippen molar-refractivity contribution in [2.45, 2.75) is 63.4 Å². The molecule has 0 aromatic heterocycles. The van der Waals surface area contributed by atoms with Crippen LogP contribution in [-0.4, -0.2) is 53.3 Å². The number of benzene rings is 3. The molecule has 246 valence electrons. The topological polar surface area (TPSA) is 111 Å². The fourth-order valence-corrected chi connectivity index (χ4v) is 6.23. The maximum Gasteiger partial charge on any atom is 0.189 e. The van der Waals surface area contributed by atoms with Gasteiger partial charge in [-0.15, -0.1) is 0 Å². The molecular weight excluding hydrogens is 600 g/mol. The third-order valence-electron chi connectivity index (χ3n) is 9.18. The van der Waals surface area contributed by atoms with Crippen molar-refractivity contribution >= 4 is 10.8 Å². The van der Waals surface area contributed by atoms with Gasteiger partial charge in [-0.1, -0.05) is 48.5 Å². The van der Waals surface area contributed by atoms with Crippen LogP contribution in [0.4, 0.5) is 0 Å². The van der Waals surface area contributed by atoms with Crippen LogP contribution in [0.2, 0.25) is 0 Å². The summed E-state index contributed by atoms with van der Waals surface area (Å²) < 4.78 is 63.1. The van der Waals surface area contributed by atoms with Crippen LogP contribution in [0.3, 0.4) is 0 Å². The molecular formula is C34H38O12. The highest BCUT2D eigenvalue weighted by atomic mass is 16.9. The third-order valence-corrected chi connectivity index (χ3v) is 9.18. The molecule has 10 rings (SSSR count). The summed E-state index contributed by atoms with van der Waals surface area (Å²) in [5.41, 5.74) is 4.16. The van der Waals surface area contributed by atoms with Crippen LogP contribution in [-0.2, 0) is 56.8 Å². The molecule has 0 spiro atoms. The van der Waals surface area contributed by atoms with E-state index in [2.05, 4.69) is 24.3 Å². The third kappa shape index (κ3) is 6.85. The molecule has 7 aliphatic rings. The molecule has 3 aromatic carbocycles. The normalized spacial score (nSPS) is 27.3. The average molecular weight is 639 g/mol. The van der Waals surface area contributed by atoms with E-state index in [1.165, 1.54) is 25.7 Å². The van der Waals surface area contributed by atoms with Crippen molar-refractivity contribution in [1.29, 1.82) is 0 Å². The molecule has 1 aliphatic carbocycles. The van der Waals surface area contributed by atoms with Crippen molar-refractivity contribution in [3.8, 4) is 0 Å². The van der Waals surface area contributed by atoms with Gasteiger partial charge in [0.25, 0.3) is 0 Å². The Kier molecular flexibility index (Phi) is 9.55. The lowest BCUT2D eigenvalue weighted by Gasteiger charge is -2.41. The molecule has 46 heavy (non-hydrogen) atoms. The highest BCUT2D eigenvalue weighted by molar-refractivity contribution is 5.84. The second-order valence-corrected chi connectivity index (χ2v) is 12.0. The van der Waals surface area contributed by atoms with Crippen molar-refractivity contribution in [3.63, 3.8) is 0 Å². The van der Waals surface area contributed by atoms with Crippen LogP contribution in [0.25, 0.3) is 10.8 Å². The van der Waals surface area contributed by atoms with Gasteiger partial charge in [0.1, 0.15) is 0 Å². The van der Waals surface area contributed by atoms with Crippen LogP contribution in [0.5, 0.6) is 0 Å². The van der Waals surface area contributed by atoms with Gasteiger partial charge in [0.15, 0.2) is 78.5 Å². The van der Waals surface area contributed by atoms with E-state index in [1.807, 2.05) is 36.4 Å². The predicted octanol–water partition coefficient (Wildman–Crippen LogP) is 5.99. The fourth-order valence-electron chi connectivity index (χ4n) is 6.23. The van der Waals surface area contributed by atoms with E-state index in [4.69, 9.17) is 56.8 Å². The van der Waals surface area contributed by atoms with E-state index in [0.717, 1.165) is 33.0 Å². The first-order chi connectivity index (χ1) is 22.8. The van der Waals surface area contributed by atoms with Gasteiger partial charge in [0, 0.05) is 34.1 Å². The Hall–Kier alpha value is -2.56. The number of rotatable bonds is 6. The molecule has 0 amide bonds. The van der Waals surface area contributed by atoms with E-state index < -0.39 is 0 Å². The van der Waals surface area contributed by atoms with Gasteiger partial charge in [-0.25, -0.2) is 0 Å². The standard InChI is InChI=1S/C14H12O4.C10H16O4.C10H10O4/c1-3-11(13-15-7-16-13)6-10-2-4-12(5-9(1)10)14-17-8-18-14;2*1-2-8(10-13-6-14-10)4-3-7(1)9-11-5-12-9/h1-6,13-14H,7-8H2;7-10H,1-6H2;1-4,9-10H,5-6H2. The van der Waals surface area contributed by atoms with Gasteiger partial charge in [0.2, 0.25) is 0 Å². The first kappa shape index (κ1) is 30.8. The van der Waals surface area contributed by atoms with Gasteiger partial charge < -0.3 is 56.8 Å². The van der Waals surface area contributed by atoms with Gasteiger partial charge in [-0.3, -0.25) is 0 Å². The Labute approximate surface area is 266 Å². The summed E-state index contributed by atoms with van der Waals surface area (Å²) in [7, 11) is 0. The number of hydrogen-bond acceptors (Lipinski definition) is 12. The summed E-state index contributed by atoms with van der Waals surface area (Å²) in [4.78, 5) is 0. The molecule has 0 unspecified atom stereocenters. The van der Waals surface area contributed by atoms with Crippen molar-refractivity contribution in [2.75, 3.05) is 40.8 Å². The molecule has 1 saturated carbocycles. The Morgan fingerprint density at radius 1 is 0.326 bits per heavy atom. The van der Waals surface area contributed by atoms with Gasteiger partial charge in [0.05, 0.1) is 0 Å². The van der Waals surface area contributed by atoms with Crippen LogP contribution < -0.4 is 0 Å². The first-order valence-corrected chi connectivity index (χ1v) is 15.8. The van der Waals surface area contributed by atoms with Gasteiger partial charge in [-0.05, 0) is 48.6 Å². The molecule has 0 N–H and O–H groups in total. The average Bonchev–Trinajstić information content (AvgIpc) is 2.90. The van der Waals surface area contributed by atoms with Crippen molar-refractivity contribution in [1.82, 2.24) is 0 Å². The number of ether oxygens (including phenoxy) is 12. The van der Waals surface area contributed by atoms with E-state index >= 15 is 0 Å². The zero-order valence-corrected chi connectivity index (χ0v) is 25.4. The Balaban J connectivity index is 0.000000103. The van der Waals surface area contributed by atoms with Crippen molar-refractivity contribution in [2.24, 2.45) is 11.8 Å². The molecule has 0 atom stereocenters. The minimum atomic E-state index is -0.202. The minimum absolute atomic E-state index is 0.0826. The van der Waals surface area contributed by atoms with E-state index in [-0.39, 0.29) is 37.7 Å². The number of fused-ring (bicyclic) bond motifs is 1. The van der Waals surface area contributed by atoms with Crippen LogP contribution in [0.15, 0.2) is 60.7 Å². The molecule has 6 aliphatic heterocycles. The second-order valence-electron chi connectivity index (χ2n) is 12.0. The quantitative estimate of drug-likeness (QED) is 0.316. The largest absolute Gasteiger partial charge is 0.326 e. The molecule has 12 nitrogen and oxygen atoms in total. The molecule has 6 heterocycles. The Morgan fingerprint density at radius 3 is 0.870 bits per heavy atom. The lowest BCUT2D eigenvalue weighted by Crippen LogP contribution is -2.43. The number of hydrogen-bond donors (Lipinski definition) is 0. The highest BCUT2D eigenvalue weighted by Gasteiger charge is 2.37.